The van der Waals surface area contributed by atoms with Crippen LogP contribution in [0.2, 0.25) is 0 Å². The minimum atomic E-state index is -0.579. The summed E-state index contributed by atoms with van der Waals surface area (Å²) in [5.41, 5.74) is 0.292. The van der Waals surface area contributed by atoms with Gasteiger partial charge < -0.3 is 15.0 Å². The Kier molecular flexibility index (Phi) is 5.93. The van der Waals surface area contributed by atoms with E-state index < -0.39 is 17.7 Å². The van der Waals surface area contributed by atoms with Crippen LogP contribution in [-0.4, -0.2) is 40.6 Å². The van der Waals surface area contributed by atoms with Crippen LogP contribution >= 0.6 is 0 Å². The molecule has 0 radical (unpaired) electrons. The van der Waals surface area contributed by atoms with Crippen molar-refractivity contribution in [3.63, 3.8) is 0 Å². The number of rotatable bonds is 5. The van der Waals surface area contributed by atoms with Crippen LogP contribution in [0.15, 0.2) is 30.3 Å². The van der Waals surface area contributed by atoms with Crippen LogP contribution in [0.3, 0.4) is 0 Å². The lowest BCUT2D eigenvalue weighted by molar-refractivity contribution is -0.134. The molecule has 1 aliphatic rings. The molecule has 1 heterocycles. The molecule has 0 bridgehead atoms. The molecule has 2 amide bonds. The molecular weight excluding hydrogens is 340 g/mol. The Morgan fingerprint density at radius 2 is 1.70 bits per heavy atom. The number of likely N-dealkylation sites (tertiary alicyclic amines) is 1. The minimum Gasteiger partial charge on any atom is -0.444 e. The predicted molar refractivity (Wildman–Crippen MR) is 108 cm³/mol. The van der Waals surface area contributed by atoms with Gasteiger partial charge in [0.15, 0.2) is 0 Å². The van der Waals surface area contributed by atoms with Gasteiger partial charge in [0.2, 0.25) is 5.91 Å². The molecule has 1 N–H and O–H groups in total. The Bertz CT molecular complexity index is 675. The van der Waals surface area contributed by atoms with Crippen LogP contribution in [0.5, 0.6) is 0 Å². The zero-order valence-corrected chi connectivity index (χ0v) is 17.8. The maximum atomic E-state index is 12.9. The first kappa shape index (κ1) is 21.3. The molecule has 2 rings (SSSR count). The molecule has 0 aliphatic carbocycles. The number of hydrogen-bond acceptors (Lipinski definition) is 3. The highest BCUT2D eigenvalue weighted by Gasteiger charge is 2.43. The SMILES string of the molecule is CC(C)(C)OC(=O)N[C@H]1CCN(C(C)(C)CC(C)(C)c2ccccc2)C1=O. The summed E-state index contributed by atoms with van der Waals surface area (Å²) < 4.78 is 5.29. The van der Waals surface area contributed by atoms with Gasteiger partial charge in [0, 0.05) is 12.1 Å². The van der Waals surface area contributed by atoms with E-state index in [2.05, 4.69) is 45.1 Å². The van der Waals surface area contributed by atoms with Crippen molar-refractivity contribution in [2.75, 3.05) is 6.54 Å². The first-order valence-corrected chi connectivity index (χ1v) is 9.68. The van der Waals surface area contributed by atoms with E-state index in [4.69, 9.17) is 4.74 Å². The molecule has 1 fully saturated rings. The zero-order valence-electron chi connectivity index (χ0n) is 17.8. The second kappa shape index (κ2) is 7.53. The van der Waals surface area contributed by atoms with Crippen molar-refractivity contribution in [3.05, 3.63) is 35.9 Å². The van der Waals surface area contributed by atoms with Crippen LogP contribution in [-0.2, 0) is 14.9 Å². The Hall–Kier alpha value is -2.04. The Labute approximate surface area is 163 Å². The van der Waals surface area contributed by atoms with E-state index in [1.807, 2.05) is 43.9 Å². The van der Waals surface area contributed by atoms with Crippen molar-refractivity contribution >= 4 is 12.0 Å². The van der Waals surface area contributed by atoms with Crippen molar-refractivity contribution in [1.29, 1.82) is 0 Å². The normalized spacial score (nSPS) is 18.6. The van der Waals surface area contributed by atoms with Gasteiger partial charge in [0.1, 0.15) is 11.6 Å². The maximum absolute atomic E-state index is 12.9. The van der Waals surface area contributed by atoms with Crippen LogP contribution in [0.1, 0.15) is 66.9 Å². The molecule has 5 heteroatoms. The molecule has 0 saturated carbocycles. The van der Waals surface area contributed by atoms with Gasteiger partial charge in [0.25, 0.3) is 0 Å². The average molecular weight is 375 g/mol. The van der Waals surface area contributed by atoms with Crippen molar-refractivity contribution in [2.45, 2.75) is 83.9 Å². The highest BCUT2D eigenvalue weighted by molar-refractivity contribution is 5.88. The average Bonchev–Trinajstić information content (AvgIpc) is 2.87. The van der Waals surface area contributed by atoms with Gasteiger partial charge in [-0.2, -0.15) is 0 Å². The number of carbonyl (C=O) groups excluding carboxylic acids is 2. The fourth-order valence-electron chi connectivity index (χ4n) is 4.03. The zero-order chi connectivity index (χ0) is 20.5. The maximum Gasteiger partial charge on any atom is 0.408 e. The van der Waals surface area contributed by atoms with E-state index in [-0.39, 0.29) is 16.9 Å². The quantitative estimate of drug-likeness (QED) is 0.838. The lowest BCUT2D eigenvalue weighted by Crippen LogP contribution is -2.51. The van der Waals surface area contributed by atoms with E-state index in [0.29, 0.717) is 13.0 Å². The third-order valence-corrected chi connectivity index (χ3v) is 5.06. The molecule has 150 valence electrons. The molecule has 1 atom stereocenters. The molecule has 0 unspecified atom stereocenters. The van der Waals surface area contributed by atoms with Crippen molar-refractivity contribution in [2.24, 2.45) is 0 Å². The van der Waals surface area contributed by atoms with E-state index >= 15 is 0 Å². The van der Waals surface area contributed by atoms with Crippen LogP contribution in [0.4, 0.5) is 4.79 Å². The molecule has 5 nitrogen and oxygen atoms in total. The number of nitrogens with zero attached hydrogens (tertiary/aromatic N) is 1. The lowest BCUT2D eigenvalue weighted by atomic mass is 9.74. The van der Waals surface area contributed by atoms with Crippen molar-refractivity contribution in [3.8, 4) is 0 Å². The first-order valence-electron chi connectivity index (χ1n) is 9.68. The molecule has 1 aromatic carbocycles. The Morgan fingerprint density at radius 3 is 2.26 bits per heavy atom. The number of amides is 2. The minimum absolute atomic E-state index is 0.0327. The smallest absolute Gasteiger partial charge is 0.408 e. The van der Waals surface area contributed by atoms with Gasteiger partial charge in [-0.1, -0.05) is 44.2 Å². The summed E-state index contributed by atoms with van der Waals surface area (Å²) in [6.07, 6.45) is 0.896. The van der Waals surface area contributed by atoms with Crippen LogP contribution in [0.25, 0.3) is 0 Å². The van der Waals surface area contributed by atoms with Gasteiger partial charge in [-0.05, 0) is 58.4 Å². The van der Waals surface area contributed by atoms with Crippen molar-refractivity contribution in [1.82, 2.24) is 10.2 Å². The van der Waals surface area contributed by atoms with Crippen LogP contribution in [0, 0.1) is 0 Å². The number of ether oxygens (including phenoxy) is 1. The molecular formula is C22H34N2O3. The summed E-state index contributed by atoms with van der Waals surface area (Å²) in [6.45, 7) is 14.7. The van der Waals surface area contributed by atoms with E-state index in [1.165, 1.54) is 5.56 Å². The Morgan fingerprint density at radius 1 is 1.11 bits per heavy atom. The fraction of sp³-hybridized carbons (Fsp3) is 0.636. The summed E-state index contributed by atoms with van der Waals surface area (Å²) in [6, 6.07) is 9.86. The van der Waals surface area contributed by atoms with Gasteiger partial charge in [0.05, 0.1) is 0 Å². The molecule has 0 spiro atoms. The van der Waals surface area contributed by atoms with Gasteiger partial charge in [-0.25, -0.2) is 4.79 Å². The number of hydrogen-bond donors (Lipinski definition) is 1. The topological polar surface area (TPSA) is 58.6 Å². The number of nitrogens with one attached hydrogen (secondary N) is 1. The number of benzene rings is 1. The monoisotopic (exact) mass is 374 g/mol. The lowest BCUT2D eigenvalue weighted by Gasteiger charge is -2.42. The summed E-state index contributed by atoms with van der Waals surface area (Å²) in [5.74, 6) is -0.0327. The summed E-state index contributed by atoms with van der Waals surface area (Å²) in [5, 5.41) is 2.73. The highest BCUT2D eigenvalue weighted by Crippen LogP contribution is 2.36. The predicted octanol–water partition coefficient (Wildman–Crippen LogP) is 4.26. The molecule has 27 heavy (non-hydrogen) atoms. The first-order chi connectivity index (χ1) is 12.3. The standard InChI is InChI=1S/C22H34N2O3/c1-20(2,3)27-19(26)23-17-13-14-24(18(17)25)22(6,7)15-21(4,5)16-11-9-8-10-12-16/h8-12,17H,13-15H2,1-7H3,(H,23,26)/t17-/m0/s1. The summed E-state index contributed by atoms with van der Waals surface area (Å²) in [7, 11) is 0. The Balaban J connectivity index is 2.05. The number of carbonyl (C=O) groups is 2. The molecule has 1 saturated heterocycles. The second-order valence-corrected chi connectivity index (χ2v) is 9.72. The third-order valence-electron chi connectivity index (χ3n) is 5.06. The molecule has 1 aromatic rings. The van der Waals surface area contributed by atoms with Crippen LogP contribution < -0.4 is 5.32 Å². The fourth-order valence-corrected chi connectivity index (χ4v) is 4.03. The van der Waals surface area contributed by atoms with Crippen molar-refractivity contribution < 1.29 is 14.3 Å². The largest absolute Gasteiger partial charge is 0.444 e. The van der Waals surface area contributed by atoms with Gasteiger partial charge >= 0.3 is 6.09 Å². The summed E-state index contributed by atoms with van der Waals surface area (Å²) in [4.78, 5) is 26.9. The molecule has 0 aromatic heterocycles. The number of alkyl carbamates (subject to hydrolysis) is 1. The second-order valence-electron chi connectivity index (χ2n) is 9.72. The van der Waals surface area contributed by atoms with E-state index in [9.17, 15) is 9.59 Å². The van der Waals surface area contributed by atoms with Gasteiger partial charge in [-0.3, -0.25) is 4.79 Å². The highest BCUT2D eigenvalue weighted by atomic mass is 16.6. The summed E-state index contributed by atoms with van der Waals surface area (Å²) >= 11 is 0. The van der Waals surface area contributed by atoms with E-state index in [0.717, 1.165) is 6.42 Å². The van der Waals surface area contributed by atoms with Gasteiger partial charge in [-0.15, -0.1) is 0 Å². The van der Waals surface area contributed by atoms with E-state index in [1.54, 1.807) is 0 Å². The molecule has 1 aliphatic heterocycles. The third kappa shape index (κ3) is 5.47.